The standard InChI is InChI=1S/C21H25F2N3O2/c1-12(2)18-11-25(20(27)16-8-14(16)10-22)5-6-26(18)21(28)17-9-15(23)7-13-3-4-24-19(13)17/h3-4,7,9,12,14,16,18,24H,5-6,8,10-11H2,1-2H3/t14-,16+,18+/m0/s1. The lowest BCUT2D eigenvalue weighted by Gasteiger charge is -2.43. The number of benzene rings is 1. The first-order chi connectivity index (χ1) is 13.4. The van der Waals surface area contributed by atoms with Crippen LogP contribution in [0.15, 0.2) is 24.4 Å². The summed E-state index contributed by atoms with van der Waals surface area (Å²) in [5, 5.41) is 0.657. The molecular formula is C21H25F2N3O2. The third kappa shape index (κ3) is 3.27. The van der Waals surface area contributed by atoms with Crippen LogP contribution in [-0.4, -0.2) is 58.9 Å². The Morgan fingerprint density at radius 1 is 1.29 bits per heavy atom. The Morgan fingerprint density at radius 2 is 2.07 bits per heavy atom. The lowest BCUT2D eigenvalue weighted by molar-refractivity contribution is -0.136. The van der Waals surface area contributed by atoms with E-state index in [9.17, 15) is 18.4 Å². The molecule has 1 aliphatic heterocycles. The second-order valence-corrected chi connectivity index (χ2v) is 8.25. The molecule has 2 aromatic rings. The Labute approximate surface area is 162 Å². The predicted molar refractivity (Wildman–Crippen MR) is 102 cm³/mol. The first-order valence-corrected chi connectivity index (χ1v) is 9.83. The van der Waals surface area contributed by atoms with Gasteiger partial charge in [0.1, 0.15) is 5.82 Å². The van der Waals surface area contributed by atoms with E-state index >= 15 is 0 Å². The SMILES string of the molecule is CC(C)[C@H]1CN(C(=O)[C@@H]2C[C@H]2CF)CCN1C(=O)c1cc(F)cc2cc[nH]c12. The van der Waals surface area contributed by atoms with E-state index in [1.54, 1.807) is 22.1 Å². The zero-order valence-corrected chi connectivity index (χ0v) is 16.1. The van der Waals surface area contributed by atoms with Gasteiger partial charge in [0.2, 0.25) is 5.91 Å². The summed E-state index contributed by atoms with van der Waals surface area (Å²) in [4.78, 5) is 32.5. The van der Waals surface area contributed by atoms with Crippen LogP contribution >= 0.6 is 0 Å². The molecule has 0 bridgehead atoms. The Balaban J connectivity index is 1.56. The van der Waals surface area contributed by atoms with Crippen LogP contribution in [0.1, 0.15) is 30.6 Å². The number of nitrogens with zero attached hydrogens (tertiary/aromatic N) is 2. The summed E-state index contributed by atoms with van der Waals surface area (Å²) in [7, 11) is 0. The second kappa shape index (κ2) is 7.18. The van der Waals surface area contributed by atoms with Gasteiger partial charge < -0.3 is 14.8 Å². The van der Waals surface area contributed by atoms with E-state index in [-0.39, 0.29) is 35.6 Å². The van der Waals surface area contributed by atoms with Crippen LogP contribution in [0.4, 0.5) is 8.78 Å². The van der Waals surface area contributed by atoms with E-state index in [1.165, 1.54) is 12.1 Å². The number of carbonyl (C=O) groups excluding carboxylic acids is 2. The number of alkyl halides is 1. The fraction of sp³-hybridized carbons (Fsp3) is 0.524. The van der Waals surface area contributed by atoms with Crippen molar-refractivity contribution in [3.8, 4) is 0 Å². The molecule has 1 saturated heterocycles. The van der Waals surface area contributed by atoms with Gasteiger partial charge in [-0.3, -0.25) is 14.0 Å². The first-order valence-electron chi connectivity index (χ1n) is 9.83. The van der Waals surface area contributed by atoms with E-state index in [1.807, 2.05) is 13.8 Å². The molecule has 1 aromatic heterocycles. The van der Waals surface area contributed by atoms with Crippen LogP contribution in [0.5, 0.6) is 0 Å². The van der Waals surface area contributed by atoms with Crippen LogP contribution in [0.3, 0.4) is 0 Å². The average Bonchev–Trinajstić information content (AvgIpc) is 3.33. The molecule has 1 saturated carbocycles. The molecule has 1 aliphatic carbocycles. The van der Waals surface area contributed by atoms with Gasteiger partial charge in [0, 0.05) is 37.1 Å². The van der Waals surface area contributed by atoms with Crippen molar-refractivity contribution in [3.63, 3.8) is 0 Å². The summed E-state index contributed by atoms with van der Waals surface area (Å²) in [5.74, 6) is -0.900. The molecule has 4 rings (SSSR count). The first kappa shape index (κ1) is 18.9. The van der Waals surface area contributed by atoms with Gasteiger partial charge in [-0.05, 0) is 36.5 Å². The highest BCUT2D eigenvalue weighted by molar-refractivity contribution is 6.06. The smallest absolute Gasteiger partial charge is 0.256 e. The van der Waals surface area contributed by atoms with Gasteiger partial charge >= 0.3 is 0 Å². The molecule has 150 valence electrons. The Bertz CT molecular complexity index is 910. The van der Waals surface area contributed by atoms with E-state index in [2.05, 4.69) is 4.98 Å². The summed E-state index contributed by atoms with van der Waals surface area (Å²) in [5.41, 5.74) is 0.932. The zero-order valence-electron chi connectivity index (χ0n) is 16.1. The van der Waals surface area contributed by atoms with E-state index < -0.39 is 12.5 Å². The number of aromatic amines is 1. The predicted octanol–water partition coefficient (Wildman–Crippen LogP) is 3.22. The van der Waals surface area contributed by atoms with Crippen LogP contribution in [0.2, 0.25) is 0 Å². The van der Waals surface area contributed by atoms with Crippen molar-refractivity contribution < 1.29 is 18.4 Å². The highest BCUT2D eigenvalue weighted by atomic mass is 19.1. The zero-order chi connectivity index (χ0) is 20.0. The molecule has 2 aliphatic rings. The minimum atomic E-state index is -0.450. The van der Waals surface area contributed by atoms with Gasteiger partial charge in [-0.25, -0.2) is 4.39 Å². The number of fused-ring (bicyclic) bond motifs is 1. The van der Waals surface area contributed by atoms with Crippen molar-refractivity contribution in [2.75, 3.05) is 26.3 Å². The molecule has 2 amide bonds. The number of aromatic nitrogens is 1. The number of rotatable bonds is 4. The normalized spacial score (nSPS) is 24.8. The second-order valence-electron chi connectivity index (χ2n) is 8.25. The van der Waals surface area contributed by atoms with E-state index in [4.69, 9.17) is 0 Å². The van der Waals surface area contributed by atoms with Crippen LogP contribution < -0.4 is 0 Å². The molecule has 0 spiro atoms. The quantitative estimate of drug-likeness (QED) is 0.873. The number of nitrogens with one attached hydrogen (secondary N) is 1. The topological polar surface area (TPSA) is 56.4 Å². The number of halogens is 2. The molecule has 0 unspecified atom stereocenters. The summed E-state index contributed by atoms with van der Waals surface area (Å²) < 4.78 is 26.8. The van der Waals surface area contributed by atoms with Crippen molar-refractivity contribution >= 4 is 22.7 Å². The number of amides is 2. The summed E-state index contributed by atoms with van der Waals surface area (Å²) in [6, 6.07) is 4.24. The van der Waals surface area contributed by atoms with Crippen molar-refractivity contribution in [1.82, 2.24) is 14.8 Å². The molecule has 7 heteroatoms. The maximum Gasteiger partial charge on any atom is 0.256 e. The Morgan fingerprint density at radius 3 is 2.75 bits per heavy atom. The number of piperazine rings is 1. The largest absolute Gasteiger partial charge is 0.361 e. The van der Waals surface area contributed by atoms with Gasteiger partial charge in [-0.1, -0.05) is 13.8 Å². The monoisotopic (exact) mass is 389 g/mol. The molecule has 2 fully saturated rings. The summed E-state index contributed by atoms with van der Waals surface area (Å²) in [6.45, 7) is 4.81. The minimum absolute atomic E-state index is 0.00193. The maximum atomic E-state index is 14.0. The van der Waals surface area contributed by atoms with Gasteiger partial charge in [0.15, 0.2) is 0 Å². The Kier molecular flexibility index (Phi) is 4.85. The molecule has 5 nitrogen and oxygen atoms in total. The fourth-order valence-electron chi connectivity index (χ4n) is 4.25. The summed E-state index contributed by atoms with van der Waals surface area (Å²) in [6.07, 6.45) is 2.31. The molecule has 28 heavy (non-hydrogen) atoms. The summed E-state index contributed by atoms with van der Waals surface area (Å²) >= 11 is 0. The Hall–Kier alpha value is -2.44. The fourth-order valence-corrected chi connectivity index (χ4v) is 4.25. The molecule has 3 atom stereocenters. The number of hydrogen-bond donors (Lipinski definition) is 1. The molecule has 2 heterocycles. The highest BCUT2D eigenvalue weighted by Crippen LogP contribution is 2.40. The lowest BCUT2D eigenvalue weighted by atomic mass is 9.97. The van der Waals surface area contributed by atoms with Crippen LogP contribution in [0.25, 0.3) is 10.9 Å². The lowest BCUT2D eigenvalue weighted by Crippen LogP contribution is -2.58. The third-order valence-electron chi connectivity index (χ3n) is 6.05. The number of H-pyrrole nitrogens is 1. The number of carbonyl (C=O) groups is 2. The maximum absolute atomic E-state index is 14.0. The van der Waals surface area contributed by atoms with Crippen molar-refractivity contribution in [1.29, 1.82) is 0 Å². The van der Waals surface area contributed by atoms with Crippen molar-refractivity contribution in [2.45, 2.75) is 26.3 Å². The number of hydrogen-bond acceptors (Lipinski definition) is 2. The van der Waals surface area contributed by atoms with E-state index in [0.29, 0.717) is 42.5 Å². The van der Waals surface area contributed by atoms with Crippen LogP contribution in [0, 0.1) is 23.6 Å². The van der Waals surface area contributed by atoms with Gasteiger partial charge in [0.05, 0.1) is 23.8 Å². The van der Waals surface area contributed by atoms with Crippen molar-refractivity contribution in [2.24, 2.45) is 17.8 Å². The van der Waals surface area contributed by atoms with Gasteiger partial charge in [-0.15, -0.1) is 0 Å². The van der Waals surface area contributed by atoms with Gasteiger partial charge in [-0.2, -0.15) is 0 Å². The molecule has 1 N–H and O–H groups in total. The van der Waals surface area contributed by atoms with Gasteiger partial charge in [0.25, 0.3) is 5.91 Å². The van der Waals surface area contributed by atoms with Crippen molar-refractivity contribution in [3.05, 3.63) is 35.8 Å². The molecule has 1 aromatic carbocycles. The molecular weight excluding hydrogens is 364 g/mol. The van der Waals surface area contributed by atoms with E-state index in [0.717, 1.165) is 0 Å². The third-order valence-corrected chi connectivity index (χ3v) is 6.05. The molecule has 0 radical (unpaired) electrons. The van der Waals surface area contributed by atoms with Crippen LogP contribution in [-0.2, 0) is 4.79 Å². The minimum Gasteiger partial charge on any atom is -0.361 e. The highest BCUT2D eigenvalue weighted by Gasteiger charge is 2.46. The average molecular weight is 389 g/mol.